The average Bonchev–Trinajstić information content (AvgIpc) is 2.78. The number of hydrogen-bond acceptors (Lipinski definition) is 8. The van der Waals surface area contributed by atoms with Crippen molar-refractivity contribution in [3.8, 4) is 23.0 Å². The number of carbonyl (C=O) groups is 2. The van der Waals surface area contributed by atoms with Gasteiger partial charge in [-0.2, -0.15) is 0 Å². The predicted octanol–water partition coefficient (Wildman–Crippen LogP) is 6.27. The summed E-state index contributed by atoms with van der Waals surface area (Å²) in [5.74, 6) is 0.576. The van der Waals surface area contributed by atoms with Crippen molar-refractivity contribution in [1.82, 2.24) is 0 Å². The molecule has 0 atom stereocenters. The monoisotopic (exact) mass is 448 g/mol. The lowest BCUT2D eigenvalue weighted by Gasteiger charge is -2.20. The second kappa shape index (κ2) is 13.3. The van der Waals surface area contributed by atoms with Gasteiger partial charge in [-0.15, -0.1) is 0 Å². The van der Waals surface area contributed by atoms with Gasteiger partial charge >= 0.3 is 12.3 Å². The number of hydrogen-bond donors (Lipinski definition) is 0. The molecule has 176 valence electrons. The van der Waals surface area contributed by atoms with Gasteiger partial charge in [-0.1, -0.05) is 51.0 Å². The van der Waals surface area contributed by atoms with Crippen molar-refractivity contribution in [2.24, 2.45) is 0 Å². The van der Waals surface area contributed by atoms with Gasteiger partial charge in [0, 0.05) is 10.8 Å². The fourth-order valence-corrected chi connectivity index (χ4v) is 2.91. The molecule has 0 amide bonds. The average molecular weight is 449 g/mol. The zero-order valence-electron chi connectivity index (χ0n) is 19.2. The molecule has 2 aromatic carbocycles. The normalized spacial score (nSPS) is 10.5. The van der Waals surface area contributed by atoms with Gasteiger partial charge in [0.15, 0.2) is 11.5 Å². The molecule has 0 unspecified atom stereocenters. The van der Waals surface area contributed by atoms with Crippen LogP contribution in [0.15, 0.2) is 24.3 Å². The van der Waals surface area contributed by atoms with Crippen molar-refractivity contribution >= 4 is 23.1 Å². The molecule has 0 aliphatic heterocycles. The Morgan fingerprint density at radius 1 is 0.656 bits per heavy atom. The minimum absolute atomic E-state index is 0.138. The molecule has 0 aliphatic carbocycles. The van der Waals surface area contributed by atoms with Crippen LogP contribution in [0.25, 0.3) is 10.8 Å². The summed E-state index contributed by atoms with van der Waals surface area (Å²) < 4.78 is 33.0. The summed E-state index contributed by atoms with van der Waals surface area (Å²) >= 11 is 0. The molecule has 0 radical (unpaired) electrons. The van der Waals surface area contributed by atoms with E-state index in [9.17, 15) is 9.59 Å². The molecular formula is C24H32O8. The van der Waals surface area contributed by atoms with E-state index in [2.05, 4.69) is 0 Å². The Balaban J connectivity index is 2.54. The lowest BCUT2D eigenvalue weighted by Crippen LogP contribution is -2.15. The van der Waals surface area contributed by atoms with Gasteiger partial charge in [-0.3, -0.25) is 0 Å². The van der Waals surface area contributed by atoms with Crippen LogP contribution in [0, 0.1) is 0 Å². The number of fused-ring (bicyclic) bond motifs is 1. The maximum atomic E-state index is 12.3. The van der Waals surface area contributed by atoms with Crippen LogP contribution in [0.5, 0.6) is 23.0 Å². The predicted molar refractivity (Wildman–Crippen MR) is 120 cm³/mol. The SMILES string of the molecule is CCCCOC(=O)Oc1c(OCC)c(OCC)c(OC(=O)OCCCC)c2ccccc12. The molecule has 0 bridgehead atoms. The Hall–Kier alpha value is -3.16. The third-order valence-corrected chi connectivity index (χ3v) is 4.42. The first-order chi connectivity index (χ1) is 15.6. The van der Waals surface area contributed by atoms with Crippen molar-refractivity contribution < 1.29 is 38.0 Å². The minimum atomic E-state index is -0.848. The molecule has 0 spiro atoms. The van der Waals surface area contributed by atoms with Gasteiger partial charge in [0.1, 0.15) is 0 Å². The molecule has 0 saturated carbocycles. The summed E-state index contributed by atoms with van der Waals surface area (Å²) in [5.41, 5.74) is 0. The maximum absolute atomic E-state index is 12.3. The molecule has 0 fully saturated rings. The molecule has 0 N–H and O–H groups in total. The van der Waals surface area contributed by atoms with E-state index in [4.69, 9.17) is 28.4 Å². The first kappa shape index (κ1) is 25.1. The maximum Gasteiger partial charge on any atom is 0.513 e. The Morgan fingerprint density at radius 2 is 1.06 bits per heavy atom. The van der Waals surface area contributed by atoms with E-state index in [1.54, 1.807) is 38.1 Å². The summed E-state index contributed by atoms with van der Waals surface area (Å²) in [6.07, 6.45) is 1.53. The van der Waals surface area contributed by atoms with Crippen molar-refractivity contribution in [3.05, 3.63) is 24.3 Å². The number of benzene rings is 2. The van der Waals surface area contributed by atoms with Crippen LogP contribution in [-0.4, -0.2) is 38.7 Å². The Labute approximate surface area is 188 Å². The molecule has 0 saturated heterocycles. The Morgan fingerprint density at radius 3 is 1.41 bits per heavy atom. The second-order valence-corrected chi connectivity index (χ2v) is 6.84. The first-order valence-electron chi connectivity index (χ1n) is 11.1. The fourth-order valence-electron chi connectivity index (χ4n) is 2.91. The van der Waals surface area contributed by atoms with Crippen LogP contribution >= 0.6 is 0 Å². The van der Waals surface area contributed by atoms with Gasteiger partial charge in [-0.25, -0.2) is 9.59 Å². The largest absolute Gasteiger partial charge is 0.513 e. The topological polar surface area (TPSA) is 89.5 Å². The molecule has 32 heavy (non-hydrogen) atoms. The van der Waals surface area contributed by atoms with Crippen molar-refractivity contribution in [2.45, 2.75) is 53.4 Å². The van der Waals surface area contributed by atoms with Crippen molar-refractivity contribution in [1.29, 1.82) is 0 Å². The van der Waals surface area contributed by atoms with Gasteiger partial charge < -0.3 is 28.4 Å². The summed E-state index contributed by atoms with van der Waals surface area (Å²) in [6, 6.07) is 7.02. The number of rotatable bonds is 12. The summed E-state index contributed by atoms with van der Waals surface area (Å²) in [5, 5.41) is 1.01. The highest BCUT2D eigenvalue weighted by molar-refractivity contribution is 6.00. The number of unbranched alkanes of at least 4 members (excludes halogenated alkanes) is 2. The highest BCUT2D eigenvalue weighted by atomic mass is 16.7. The molecular weight excluding hydrogens is 416 g/mol. The zero-order chi connectivity index (χ0) is 23.3. The molecule has 2 rings (SSSR count). The van der Waals surface area contributed by atoms with Crippen LogP contribution in [0.4, 0.5) is 9.59 Å². The number of ether oxygens (including phenoxy) is 6. The van der Waals surface area contributed by atoms with Crippen molar-refractivity contribution in [3.63, 3.8) is 0 Å². The summed E-state index contributed by atoms with van der Waals surface area (Å²) in [7, 11) is 0. The van der Waals surface area contributed by atoms with Crippen molar-refractivity contribution in [2.75, 3.05) is 26.4 Å². The lowest BCUT2D eigenvalue weighted by molar-refractivity contribution is 0.0938. The van der Waals surface area contributed by atoms with E-state index in [0.717, 1.165) is 25.7 Å². The molecule has 0 aromatic heterocycles. The summed E-state index contributed by atoms with van der Waals surface area (Å²) in [6.45, 7) is 8.59. The Kier molecular flexibility index (Phi) is 10.4. The van der Waals surface area contributed by atoms with Crippen LogP contribution < -0.4 is 18.9 Å². The van der Waals surface area contributed by atoms with E-state index in [-0.39, 0.29) is 49.4 Å². The Bertz CT molecular complexity index is 821. The van der Waals surface area contributed by atoms with Crippen LogP contribution in [0.3, 0.4) is 0 Å². The van der Waals surface area contributed by atoms with Crippen LogP contribution in [0.2, 0.25) is 0 Å². The van der Waals surface area contributed by atoms with Gasteiger partial charge in [0.2, 0.25) is 11.5 Å². The fraction of sp³-hybridized carbons (Fsp3) is 0.500. The molecule has 8 nitrogen and oxygen atoms in total. The van der Waals surface area contributed by atoms with E-state index < -0.39 is 12.3 Å². The minimum Gasteiger partial charge on any atom is -0.487 e. The first-order valence-corrected chi connectivity index (χ1v) is 11.1. The van der Waals surface area contributed by atoms with E-state index >= 15 is 0 Å². The second-order valence-electron chi connectivity index (χ2n) is 6.84. The van der Waals surface area contributed by atoms with E-state index in [1.165, 1.54) is 0 Å². The van der Waals surface area contributed by atoms with Gasteiger partial charge in [0.25, 0.3) is 0 Å². The molecule has 0 aliphatic rings. The highest BCUT2D eigenvalue weighted by Crippen LogP contribution is 2.51. The third kappa shape index (κ3) is 6.67. The third-order valence-electron chi connectivity index (χ3n) is 4.42. The van der Waals surface area contributed by atoms with Gasteiger partial charge in [-0.05, 0) is 26.7 Å². The zero-order valence-corrected chi connectivity index (χ0v) is 19.2. The number of carbonyl (C=O) groups excluding carboxylic acids is 2. The van der Waals surface area contributed by atoms with Gasteiger partial charge in [0.05, 0.1) is 26.4 Å². The van der Waals surface area contributed by atoms with Crippen LogP contribution in [0.1, 0.15) is 53.4 Å². The standard InChI is InChI=1S/C24H32O8/c1-5-9-15-29-23(25)31-19-17-13-11-12-14-18(17)20(32-24(26)30-16-10-6-2)22(28-8-4)21(19)27-7-3/h11-14H,5-10,15-16H2,1-4H3. The quantitative estimate of drug-likeness (QED) is 0.213. The van der Waals surface area contributed by atoms with Crippen LogP contribution in [-0.2, 0) is 9.47 Å². The molecule has 2 aromatic rings. The highest BCUT2D eigenvalue weighted by Gasteiger charge is 2.28. The lowest BCUT2D eigenvalue weighted by atomic mass is 10.1. The van der Waals surface area contributed by atoms with E-state index in [0.29, 0.717) is 10.8 Å². The molecule has 0 heterocycles. The summed E-state index contributed by atoms with van der Waals surface area (Å²) in [4.78, 5) is 24.6. The smallest absolute Gasteiger partial charge is 0.487 e. The van der Waals surface area contributed by atoms with E-state index in [1.807, 2.05) is 13.8 Å². The molecule has 8 heteroatoms.